The van der Waals surface area contributed by atoms with E-state index in [2.05, 4.69) is 25.2 Å². The zero-order chi connectivity index (χ0) is 25.2. The highest BCUT2D eigenvalue weighted by atomic mass is 16.4. The minimum absolute atomic E-state index is 0.253. The Kier molecular flexibility index (Phi) is 26.9. The summed E-state index contributed by atoms with van der Waals surface area (Å²) in [7, 11) is 0. The highest BCUT2D eigenvalue weighted by Crippen LogP contribution is 2.09. The molecule has 0 saturated carbocycles. The molecule has 0 rings (SSSR count). The fourth-order valence-electron chi connectivity index (χ4n) is 3.06. The van der Waals surface area contributed by atoms with Crippen molar-refractivity contribution >= 4 is 11.9 Å². The van der Waals surface area contributed by atoms with Crippen LogP contribution in [0.1, 0.15) is 110 Å². The lowest BCUT2D eigenvalue weighted by atomic mass is 10.1. The van der Waals surface area contributed by atoms with E-state index in [-0.39, 0.29) is 12.5 Å². The molecule has 0 spiro atoms. The van der Waals surface area contributed by atoms with Crippen molar-refractivity contribution < 1.29 is 24.9 Å². The standard InChI is InChI=1S/C20H36O3.C6H14N2O2/c1-2-3-16-19(21)17-14-12-10-8-6-4-5-7-9-11-13-15-18-20(22)23;7-4-2-1-3-5(8)6(9)10/h9,11,14,17,19,21H,2-8,10,12-13,15-16,18H2,1H3,(H,22,23);5H,1-4,7-8H2,(H,9,10)/b11-9-,17-14-;/t19-;5-/m10/s1. The summed E-state index contributed by atoms with van der Waals surface area (Å²) in [4.78, 5) is 20.5. The lowest BCUT2D eigenvalue weighted by Crippen LogP contribution is -2.29. The summed E-state index contributed by atoms with van der Waals surface area (Å²) in [6, 6.07) is -0.716. The molecule has 194 valence electrons. The van der Waals surface area contributed by atoms with Crippen LogP contribution in [0.5, 0.6) is 0 Å². The Morgan fingerprint density at radius 1 is 0.788 bits per heavy atom. The molecule has 0 aromatic rings. The second kappa shape index (κ2) is 26.6. The van der Waals surface area contributed by atoms with Gasteiger partial charge in [-0.1, -0.05) is 69.8 Å². The maximum absolute atomic E-state index is 10.3. The summed E-state index contributed by atoms with van der Waals surface area (Å²) in [5.74, 6) is -1.64. The molecule has 0 radical (unpaired) electrons. The van der Waals surface area contributed by atoms with Crippen molar-refractivity contribution in [1.29, 1.82) is 0 Å². The highest BCUT2D eigenvalue weighted by Gasteiger charge is 2.09. The normalized spacial score (nSPS) is 13.1. The van der Waals surface area contributed by atoms with Gasteiger partial charge >= 0.3 is 11.9 Å². The summed E-state index contributed by atoms with van der Waals surface area (Å²) >= 11 is 0. The van der Waals surface area contributed by atoms with Crippen LogP contribution in [0, 0.1) is 0 Å². The van der Waals surface area contributed by atoms with Gasteiger partial charge in [0, 0.05) is 6.42 Å². The van der Waals surface area contributed by atoms with Gasteiger partial charge in [-0.2, -0.15) is 0 Å². The predicted molar refractivity (Wildman–Crippen MR) is 136 cm³/mol. The van der Waals surface area contributed by atoms with Gasteiger partial charge in [-0.3, -0.25) is 9.59 Å². The van der Waals surface area contributed by atoms with Crippen LogP contribution < -0.4 is 11.5 Å². The van der Waals surface area contributed by atoms with E-state index in [0.29, 0.717) is 13.0 Å². The van der Waals surface area contributed by atoms with Crippen molar-refractivity contribution in [1.82, 2.24) is 0 Å². The van der Waals surface area contributed by atoms with Crippen molar-refractivity contribution in [3.05, 3.63) is 24.3 Å². The number of aliphatic hydroxyl groups excluding tert-OH is 1. The van der Waals surface area contributed by atoms with E-state index in [9.17, 15) is 14.7 Å². The maximum Gasteiger partial charge on any atom is 0.320 e. The fourth-order valence-corrected chi connectivity index (χ4v) is 3.06. The molecule has 0 aliphatic rings. The van der Waals surface area contributed by atoms with Crippen LogP contribution >= 0.6 is 0 Å². The molecule has 7 nitrogen and oxygen atoms in total. The Morgan fingerprint density at radius 2 is 1.36 bits per heavy atom. The van der Waals surface area contributed by atoms with Crippen molar-refractivity contribution in [2.75, 3.05) is 6.54 Å². The molecule has 2 atom stereocenters. The van der Waals surface area contributed by atoms with Gasteiger partial charge in [0.1, 0.15) is 6.04 Å². The molecule has 0 fully saturated rings. The predicted octanol–water partition coefficient (Wildman–Crippen LogP) is 5.16. The van der Waals surface area contributed by atoms with E-state index < -0.39 is 18.0 Å². The molecular weight excluding hydrogens is 420 g/mol. The summed E-state index contributed by atoms with van der Waals surface area (Å²) < 4.78 is 0. The number of hydrogen-bond acceptors (Lipinski definition) is 5. The first-order chi connectivity index (χ1) is 15.8. The molecular formula is C26H50N2O5. The van der Waals surface area contributed by atoms with E-state index in [1.807, 2.05) is 6.08 Å². The van der Waals surface area contributed by atoms with Gasteiger partial charge in [-0.25, -0.2) is 0 Å². The van der Waals surface area contributed by atoms with E-state index >= 15 is 0 Å². The van der Waals surface area contributed by atoms with Crippen molar-refractivity contribution in [3.63, 3.8) is 0 Å². The van der Waals surface area contributed by atoms with Crippen molar-refractivity contribution in [2.24, 2.45) is 11.5 Å². The van der Waals surface area contributed by atoms with Gasteiger partial charge < -0.3 is 26.8 Å². The van der Waals surface area contributed by atoms with Crippen LogP contribution in [0.3, 0.4) is 0 Å². The molecule has 0 heterocycles. The number of carboxylic acid groups (broad SMARTS) is 2. The van der Waals surface area contributed by atoms with Crippen LogP contribution in [0.4, 0.5) is 0 Å². The SMILES string of the molecule is CCCC[C@@H](O)/C=C\CCCCCCC/C=C\CCCC(=O)O.NCCCC[C@H](N)C(=O)O. The van der Waals surface area contributed by atoms with Crippen LogP contribution in [0.2, 0.25) is 0 Å². The molecule has 0 aromatic carbocycles. The Bertz CT molecular complexity index is 509. The quantitative estimate of drug-likeness (QED) is 0.115. The second-order valence-corrected chi connectivity index (χ2v) is 8.47. The Labute approximate surface area is 201 Å². The number of allylic oxidation sites excluding steroid dienone is 3. The third kappa shape index (κ3) is 30.3. The van der Waals surface area contributed by atoms with Gasteiger partial charge in [-0.05, 0) is 64.3 Å². The van der Waals surface area contributed by atoms with Gasteiger partial charge in [0.05, 0.1) is 6.10 Å². The fraction of sp³-hybridized carbons (Fsp3) is 0.769. The summed E-state index contributed by atoms with van der Waals surface area (Å²) in [5, 5.41) is 26.5. The van der Waals surface area contributed by atoms with Crippen molar-refractivity contribution in [3.8, 4) is 0 Å². The van der Waals surface area contributed by atoms with Crippen LogP contribution in [-0.4, -0.2) is 45.9 Å². The smallest absolute Gasteiger partial charge is 0.320 e. The molecule has 33 heavy (non-hydrogen) atoms. The van der Waals surface area contributed by atoms with E-state index in [1.54, 1.807) is 0 Å². The molecule has 0 aliphatic carbocycles. The zero-order valence-corrected chi connectivity index (χ0v) is 20.8. The van der Waals surface area contributed by atoms with Gasteiger partial charge in [0.25, 0.3) is 0 Å². The number of hydrogen-bond donors (Lipinski definition) is 5. The van der Waals surface area contributed by atoms with Crippen LogP contribution in [0.15, 0.2) is 24.3 Å². The van der Waals surface area contributed by atoms with Gasteiger partial charge in [0.15, 0.2) is 0 Å². The average Bonchev–Trinajstić information content (AvgIpc) is 2.78. The average molecular weight is 471 g/mol. The Morgan fingerprint density at radius 3 is 1.91 bits per heavy atom. The number of aliphatic carboxylic acids is 2. The maximum atomic E-state index is 10.3. The number of rotatable bonds is 21. The molecule has 7 N–H and O–H groups in total. The molecule has 0 aromatic heterocycles. The van der Waals surface area contributed by atoms with Crippen LogP contribution in [0.25, 0.3) is 0 Å². The summed E-state index contributed by atoms with van der Waals surface area (Å²) in [5.41, 5.74) is 10.4. The third-order valence-corrected chi connectivity index (χ3v) is 5.17. The number of nitrogens with two attached hydrogens (primary N) is 2. The minimum atomic E-state index is -0.933. The monoisotopic (exact) mass is 470 g/mol. The van der Waals surface area contributed by atoms with Gasteiger partial charge in [-0.15, -0.1) is 0 Å². The second-order valence-electron chi connectivity index (χ2n) is 8.47. The lowest BCUT2D eigenvalue weighted by Gasteiger charge is -2.03. The van der Waals surface area contributed by atoms with E-state index in [0.717, 1.165) is 57.8 Å². The van der Waals surface area contributed by atoms with Crippen LogP contribution in [-0.2, 0) is 9.59 Å². The topological polar surface area (TPSA) is 147 Å². The molecule has 0 saturated heterocycles. The summed E-state index contributed by atoms with van der Waals surface area (Å²) in [6.07, 6.45) is 23.7. The first kappa shape index (κ1) is 33.5. The molecule has 0 amide bonds. The number of unbranched alkanes of at least 4 members (excludes halogenated alkanes) is 9. The lowest BCUT2D eigenvalue weighted by molar-refractivity contribution is -0.139. The molecule has 7 heteroatoms. The summed E-state index contributed by atoms with van der Waals surface area (Å²) in [6.45, 7) is 2.75. The highest BCUT2D eigenvalue weighted by molar-refractivity contribution is 5.72. The number of carboxylic acids is 2. The first-order valence-electron chi connectivity index (χ1n) is 12.7. The minimum Gasteiger partial charge on any atom is -0.481 e. The Hall–Kier alpha value is -1.70. The number of carbonyl (C=O) groups is 2. The van der Waals surface area contributed by atoms with E-state index in [4.69, 9.17) is 21.7 Å². The van der Waals surface area contributed by atoms with Gasteiger partial charge in [0.2, 0.25) is 0 Å². The Balaban J connectivity index is 0. The van der Waals surface area contributed by atoms with Crippen molar-refractivity contribution in [2.45, 2.75) is 122 Å². The zero-order valence-electron chi connectivity index (χ0n) is 20.8. The first-order valence-corrected chi connectivity index (χ1v) is 12.7. The third-order valence-electron chi connectivity index (χ3n) is 5.17. The molecule has 0 aliphatic heterocycles. The van der Waals surface area contributed by atoms with E-state index in [1.165, 1.54) is 32.1 Å². The largest absolute Gasteiger partial charge is 0.481 e. The molecule has 0 bridgehead atoms. The molecule has 0 unspecified atom stereocenters. The number of aliphatic hydroxyl groups is 1.